The third kappa shape index (κ3) is 4.46. The van der Waals surface area contributed by atoms with Gasteiger partial charge in [-0.2, -0.15) is 0 Å². The highest BCUT2D eigenvalue weighted by Crippen LogP contribution is 2.27. The van der Waals surface area contributed by atoms with Gasteiger partial charge in [0.25, 0.3) is 5.92 Å². The summed E-state index contributed by atoms with van der Waals surface area (Å²) in [5.74, 6) is -2.87. The molecule has 1 saturated heterocycles. The highest BCUT2D eigenvalue weighted by atomic mass is 19.3. The molecule has 1 atom stereocenters. The Hall–Kier alpha value is -0.910. The van der Waals surface area contributed by atoms with Gasteiger partial charge in [-0.05, 0) is 20.3 Å². The van der Waals surface area contributed by atoms with Gasteiger partial charge in [0.1, 0.15) is 0 Å². The summed E-state index contributed by atoms with van der Waals surface area (Å²) in [5, 5.41) is 0. The Morgan fingerprint density at radius 2 is 2.12 bits per heavy atom. The zero-order valence-corrected chi connectivity index (χ0v) is 10.4. The largest absolute Gasteiger partial charge is 0.447 e. The maximum Gasteiger partial charge on any atom is 0.410 e. The first-order chi connectivity index (χ1) is 7.84. The van der Waals surface area contributed by atoms with Crippen molar-refractivity contribution in [3.63, 3.8) is 0 Å². The molecule has 6 heteroatoms. The molecule has 0 N–H and O–H groups in total. The molecule has 0 saturated carbocycles. The lowest BCUT2D eigenvalue weighted by Gasteiger charge is -2.25. The summed E-state index contributed by atoms with van der Waals surface area (Å²) in [7, 11) is 1.46. The van der Waals surface area contributed by atoms with Crippen LogP contribution in [0.4, 0.5) is 13.6 Å². The number of ether oxygens (including phenoxy) is 2. The number of hydrogen-bond donors (Lipinski definition) is 0. The number of halogens is 2. The second kappa shape index (κ2) is 5.62. The van der Waals surface area contributed by atoms with Gasteiger partial charge in [-0.3, -0.25) is 4.90 Å². The molecule has 1 unspecified atom stereocenters. The molecule has 0 bridgehead atoms. The van der Waals surface area contributed by atoms with E-state index in [9.17, 15) is 13.6 Å². The number of alkyl halides is 2. The van der Waals surface area contributed by atoms with Crippen molar-refractivity contribution < 1.29 is 23.0 Å². The summed E-state index contributed by atoms with van der Waals surface area (Å²) < 4.78 is 36.8. The van der Waals surface area contributed by atoms with Crippen LogP contribution in [0, 0.1) is 0 Å². The minimum absolute atomic E-state index is 0.150. The van der Waals surface area contributed by atoms with Crippen LogP contribution in [-0.4, -0.2) is 49.3 Å². The van der Waals surface area contributed by atoms with Crippen molar-refractivity contribution in [1.82, 2.24) is 4.90 Å². The van der Waals surface area contributed by atoms with Crippen molar-refractivity contribution in [3.05, 3.63) is 0 Å². The van der Waals surface area contributed by atoms with E-state index in [0.717, 1.165) is 4.90 Å². The fourth-order valence-corrected chi connectivity index (χ4v) is 1.74. The second-order valence-corrected chi connectivity index (χ2v) is 4.57. The third-order valence-electron chi connectivity index (χ3n) is 2.61. The van der Waals surface area contributed by atoms with Gasteiger partial charge in [0, 0.05) is 13.5 Å². The number of amides is 1. The maximum absolute atomic E-state index is 13.4. The lowest BCUT2D eigenvalue weighted by molar-refractivity contribution is -0.0313. The Labute approximate surface area is 99.9 Å². The Balaban J connectivity index is 2.70. The molecular formula is C11H19F2NO3. The molecule has 0 spiro atoms. The van der Waals surface area contributed by atoms with Crippen LogP contribution in [0.2, 0.25) is 0 Å². The topological polar surface area (TPSA) is 38.8 Å². The first kappa shape index (κ1) is 14.2. The van der Waals surface area contributed by atoms with Crippen molar-refractivity contribution >= 4 is 6.09 Å². The van der Waals surface area contributed by atoms with E-state index in [1.165, 1.54) is 7.11 Å². The lowest BCUT2D eigenvalue weighted by Crippen LogP contribution is -2.42. The summed E-state index contributed by atoms with van der Waals surface area (Å²) >= 11 is 0. The summed E-state index contributed by atoms with van der Waals surface area (Å²) in [5.41, 5.74) is 0. The molecule has 1 amide bonds. The highest BCUT2D eigenvalue weighted by Gasteiger charge is 2.39. The van der Waals surface area contributed by atoms with Crippen molar-refractivity contribution in [3.8, 4) is 0 Å². The van der Waals surface area contributed by atoms with E-state index >= 15 is 0 Å². The predicted molar refractivity (Wildman–Crippen MR) is 58.2 cm³/mol. The first-order valence-corrected chi connectivity index (χ1v) is 5.70. The maximum atomic E-state index is 13.4. The average Bonchev–Trinajstić information content (AvgIpc) is 2.35. The Morgan fingerprint density at radius 3 is 2.65 bits per heavy atom. The minimum Gasteiger partial charge on any atom is -0.447 e. The van der Waals surface area contributed by atoms with E-state index in [1.54, 1.807) is 13.8 Å². The van der Waals surface area contributed by atoms with E-state index in [1.807, 2.05) is 0 Å². The van der Waals surface area contributed by atoms with Gasteiger partial charge in [-0.15, -0.1) is 0 Å². The van der Waals surface area contributed by atoms with E-state index < -0.39 is 18.6 Å². The van der Waals surface area contributed by atoms with Crippen LogP contribution < -0.4 is 0 Å². The van der Waals surface area contributed by atoms with Gasteiger partial charge in [-0.1, -0.05) is 0 Å². The van der Waals surface area contributed by atoms with Gasteiger partial charge < -0.3 is 9.47 Å². The molecule has 1 aliphatic rings. The number of rotatable bonds is 2. The van der Waals surface area contributed by atoms with E-state index in [2.05, 4.69) is 0 Å². The molecule has 17 heavy (non-hydrogen) atoms. The lowest BCUT2D eigenvalue weighted by atomic mass is 10.1. The van der Waals surface area contributed by atoms with E-state index in [-0.39, 0.29) is 31.6 Å². The summed E-state index contributed by atoms with van der Waals surface area (Å²) in [6, 6.07) is 0. The van der Waals surface area contributed by atoms with E-state index in [0.29, 0.717) is 0 Å². The van der Waals surface area contributed by atoms with Gasteiger partial charge in [-0.25, -0.2) is 13.6 Å². The SMILES string of the molecule is COC1CCC(F)(F)CN(C(=O)OC(C)C)C1. The van der Waals surface area contributed by atoms with Crippen molar-refractivity contribution in [1.29, 1.82) is 0 Å². The van der Waals surface area contributed by atoms with Gasteiger partial charge in [0.15, 0.2) is 0 Å². The number of hydrogen-bond acceptors (Lipinski definition) is 3. The Bertz CT molecular complexity index is 271. The monoisotopic (exact) mass is 251 g/mol. The minimum atomic E-state index is -2.87. The van der Waals surface area contributed by atoms with E-state index in [4.69, 9.17) is 9.47 Å². The van der Waals surface area contributed by atoms with Gasteiger partial charge >= 0.3 is 6.09 Å². The molecule has 1 aliphatic heterocycles. The molecule has 0 aromatic carbocycles. The Kier molecular flexibility index (Phi) is 4.68. The number of carbonyl (C=O) groups is 1. The number of likely N-dealkylation sites (tertiary alicyclic amines) is 1. The third-order valence-corrected chi connectivity index (χ3v) is 2.61. The average molecular weight is 251 g/mol. The summed E-state index contributed by atoms with van der Waals surface area (Å²) in [6.07, 6.45) is -1.40. The summed E-state index contributed by atoms with van der Waals surface area (Å²) in [6.45, 7) is 2.92. The zero-order chi connectivity index (χ0) is 13.1. The normalized spacial score (nSPS) is 24.6. The molecular weight excluding hydrogens is 232 g/mol. The van der Waals surface area contributed by atoms with Crippen LogP contribution in [0.15, 0.2) is 0 Å². The van der Waals surface area contributed by atoms with Crippen molar-refractivity contribution in [2.75, 3.05) is 20.2 Å². The van der Waals surface area contributed by atoms with Crippen LogP contribution in [-0.2, 0) is 9.47 Å². The smallest absolute Gasteiger partial charge is 0.410 e. The molecule has 1 fully saturated rings. The molecule has 100 valence electrons. The molecule has 0 radical (unpaired) electrons. The van der Waals surface area contributed by atoms with Crippen LogP contribution in [0.1, 0.15) is 26.7 Å². The van der Waals surface area contributed by atoms with Crippen LogP contribution in [0.5, 0.6) is 0 Å². The highest BCUT2D eigenvalue weighted by molar-refractivity contribution is 5.68. The van der Waals surface area contributed by atoms with Gasteiger partial charge in [0.2, 0.25) is 0 Å². The molecule has 0 aliphatic carbocycles. The molecule has 1 heterocycles. The zero-order valence-electron chi connectivity index (χ0n) is 10.4. The quantitative estimate of drug-likeness (QED) is 0.755. The molecule has 4 nitrogen and oxygen atoms in total. The molecule has 0 aromatic rings. The predicted octanol–water partition coefficient (Wildman–Crippen LogP) is 2.28. The van der Waals surface area contributed by atoms with Crippen LogP contribution in [0.3, 0.4) is 0 Å². The number of nitrogens with zero attached hydrogens (tertiary/aromatic N) is 1. The van der Waals surface area contributed by atoms with Crippen LogP contribution >= 0.6 is 0 Å². The number of methoxy groups -OCH3 is 1. The fourth-order valence-electron chi connectivity index (χ4n) is 1.74. The first-order valence-electron chi connectivity index (χ1n) is 5.70. The van der Waals surface area contributed by atoms with Gasteiger partial charge in [0.05, 0.1) is 25.3 Å². The Morgan fingerprint density at radius 1 is 1.47 bits per heavy atom. The fraction of sp³-hybridized carbons (Fsp3) is 0.909. The van der Waals surface area contributed by atoms with Crippen molar-refractivity contribution in [2.24, 2.45) is 0 Å². The van der Waals surface area contributed by atoms with Crippen molar-refractivity contribution in [2.45, 2.75) is 44.8 Å². The summed E-state index contributed by atoms with van der Waals surface area (Å²) in [4.78, 5) is 12.7. The second-order valence-electron chi connectivity index (χ2n) is 4.57. The molecule has 0 aromatic heterocycles. The van der Waals surface area contributed by atoms with Crippen LogP contribution in [0.25, 0.3) is 0 Å². The standard InChI is InChI=1S/C11H19F2NO3/c1-8(2)17-10(15)14-6-9(16-3)4-5-11(12,13)7-14/h8-9H,4-7H2,1-3H3. The molecule has 1 rings (SSSR count). The number of carbonyl (C=O) groups excluding carboxylic acids is 1.